The van der Waals surface area contributed by atoms with Gasteiger partial charge in [-0.15, -0.1) is 0 Å². The number of methoxy groups -OCH3 is 4. The molecule has 1 unspecified atom stereocenters. The highest BCUT2D eigenvalue weighted by atomic mass is 16.8. The van der Waals surface area contributed by atoms with Crippen LogP contribution in [0.2, 0.25) is 0 Å². The van der Waals surface area contributed by atoms with Crippen molar-refractivity contribution in [2.24, 2.45) is 0 Å². The molecule has 1 N–H and O–H groups in total. The van der Waals surface area contributed by atoms with Gasteiger partial charge in [-0.1, -0.05) is 24.3 Å². The zero-order valence-corrected chi connectivity index (χ0v) is 18.7. The predicted molar refractivity (Wildman–Crippen MR) is 116 cm³/mol. The fourth-order valence-electron chi connectivity index (χ4n) is 1.97. The van der Waals surface area contributed by atoms with Crippen LogP contribution in [-0.4, -0.2) is 53.4 Å². The first-order valence-corrected chi connectivity index (χ1v) is 9.00. The van der Waals surface area contributed by atoms with Crippen LogP contribution >= 0.6 is 0 Å². The highest BCUT2D eigenvalue weighted by molar-refractivity contribution is 5.75. The molecular weight excluding hydrogens is 400 g/mol. The summed E-state index contributed by atoms with van der Waals surface area (Å²) in [4.78, 5) is 10.2. The average Bonchev–Trinajstić information content (AvgIpc) is 2.86. The van der Waals surface area contributed by atoms with Gasteiger partial charge in [0.25, 0.3) is 6.48 Å². The number of carbonyl (C=O) groups excluding carboxylic acids is 1. The maximum absolute atomic E-state index is 10.2. The Hall–Kier alpha value is -3.11. The lowest BCUT2D eigenvalue weighted by Gasteiger charge is -2.08. The largest absolute Gasteiger partial charge is 0.400 e. The normalized spacial score (nSPS) is 9.87. The van der Waals surface area contributed by atoms with Gasteiger partial charge in [0.15, 0.2) is 0 Å². The number of aldehydes is 1. The van der Waals surface area contributed by atoms with E-state index in [2.05, 4.69) is 20.3 Å². The van der Waals surface area contributed by atoms with Gasteiger partial charge in [0, 0.05) is 41.1 Å². The Bertz CT molecular complexity index is 805. The van der Waals surface area contributed by atoms with Crippen LogP contribution in [0.3, 0.4) is 0 Å². The second-order valence-electron chi connectivity index (χ2n) is 5.47. The first kappa shape index (κ1) is 30.1. The predicted octanol–water partition coefficient (Wildman–Crippen LogP) is 3.45. The maximum Gasteiger partial charge on any atom is 0.270 e. The molecule has 8 heteroatoms. The van der Waals surface area contributed by atoms with Crippen LogP contribution in [0.15, 0.2) is 48.5 Å². The van der Waals surface area contributed by atoms with Crippen LogP contribution in [0, 0.1) is 22.7 Å². The van der Waals surface area contributed by atoms with Crippen LogP contribution in [0.25, 0.3) is 0 Å². The molecule has 0 aliphatic carbocycles. The van der Waals surface area contributed by atoms with Gasteiger partial charge in [0.1, 0.15) is 6.29 Å². The van der Waals surface area contributed by atoms with E-state index in [1.54, 1.807) is 37.4 Å². The molecule has 2 aromatic carbocycles. The lowest BCUT2D eigenvalue weighted by molar-refractivity contribution is -0.252. The molecule has 1 atom stereocenters. The van der Waals surface area contributed by atoms with Crippen LogP contribution in [0.4, 0.5) is 0 Å². The Morgan fingerprint density at radius 1 is 0.839 bits per heavy atom. The van der Waals surface area contributed by atoms with Crippen LogP contribution in [-0.2, 0) is 18.9 Å². The summed E-state index contributed by atoms with van der Waals surface area (Å²) in [6.45, 7) is 1.44. The second kappa shape index (κ2) is 20.2. The van der Waals surface area contributed by atoms with E-state index in [0.717, 1.165) is 19.0 Å². The first-order chi connectivity index (χ1) is 15.0. The van der Waals surface area contributed by atoms with Crippen molar-refractivity contribution in [3.63, 3.8) is 0 Å². The molecule has 0 aromatic heterocycles. The minimum Gasteiger partial charge on any atom is -0.400 e. The number of ether oxygens (including phenoxy) is 4. The van der Waals surface area contributed by atoms with Crippen molar-refractivity contribution < 1.29 is 28.8 Å². The van der Waals surface area contributed by atoms with Gasteiger partial charge in [-0.2, -0.15) is 10.5 Å². The van der Waals surface area contributed by atoms with E-state index in [1.807, 2.05) is 31.2 Å². The molecule has 2 rings (SSSR count). The smallest absolute Gasteiger partial charge is 0.270 e. The summed E-state index contributed by atoms with van der Waals surface area (Å²) in [7, 11) is 7.19. The molecule has 0 heterocycles. The van der Waals surface area contributed by atoms with Gasteiger partial charge in [-0.3, -0.25) is 4.79 Å². The third kappa shape index (κ3) is 13.7. The molecule has 0 spiro atoms. The third-order valence-corrected chi connectivity index (χ3v) is 3.57. The minimum atomic E-state index is -0.514. The topological polar surface area (TPSA) is 122 Å². The van der Waals surface area contributed by atoms with E-state index >= 15 is 0 Å². The molecule has 0 saturated carbocycles. The molecule has 31 heavy (non-hydrogen) atoms. The molecule has 0 saturated heterocycles. The van der Waals surface area contributed by atoms with Gasteiger partial charge >= 0.3 is 0 Å². The molecule has 0 amide bonds. The zero-order chi connectivity index (χ0) is 24.1. The monoisotopic (exact) mass is 430 g/mol. The molecule has 0 aliphatic rings. The summed E-state index contributed by atoms with van der Waals surface area (Å²) in [6, 6.07) is 18.0. The van der Waals surface area contributed by atoms with E-state index in [1.165, 1.54) is 21.3 Å². The van der Waals surface area contributed by atoms with Crippen LogP contribution in [0.5, 0.6) is 0 Å². The van der Waals surface area contributed by atoms with Crippen molar-refractivity contribution in [3.8, 4) is 12.1 Å². The van der Waals surface area contributed by atoms with Gasteiger partial charge in [0.2, 0.25) is 0 Å². The highest BCUT2D eigenvalue weighted by Gasteiger charge is 2.03. The average molecular weight is 431 g/mol. The molecule has 8 nitrogen and oxygen atoms in total. The fourth-order valence-corrected chi connectivity index (χ4v) is 1.97. The maximum atomic E-state index is 10.2. The van der Waals surface area contributed by atoms with Crippen LogP contribution in [0.1, 0.15) is 40.1 Å². The van der Waals surface area contributed by atoms with Crippen LogP contribution < -0.4 is 0 Å². The first-order valence-electron chi connectivity index (χ1n) is 9.00. The number of carbonyl (C=O) groups is 1. The van der Waals surface area contributed by atoms with Crippen molar-refractivity contribution in [1.29, 1.82) is 10.5 Å². The Labute approximate surface area is 184 Å². The highest BCUT2D eigenvalue weighted by Crippen LogP contribution is 2.16. The standard InChI is InChI=1S/C10H11NO.C8H5NO.C4H10O3.CH4O/c1-8(12-2)10-5-3-4-9(6-10)7-11;9-5-7-2-1-3-8(4-7)6-10;1-5-4(6-2)7-3;1-2/h3-6,8H,1-2H3;1-4,6H;4H,1-3H3;2H,1H3. The van der Waals surface area contributed by atoms with Gasteiger partial charge in [0.05, 0.1) is 29.4 Å². The molecule has 0 radical (unpaired) electrons. The minimum absolute atomic E-state index is 0.0540. The van der Waals surface area contributed by atoms with Crippen molar-refractivity contribution in [1.82, 2.24) is 0 Å². The van der Waals surface area contributed by atoms with Gasteiger partial charge < -0.3 is 24.1 Å². The molecule has 0 aliphatic heterocycles. The number of nitrogens with zero attached hydrogens (tertiary/aromatic N) is 2. The van der Waals surface area contributed by atoms with Gasteiger partial charge in [-0.25, -0.2) is 0 Å². The number of hydrogen-bond donors (Lipinski definition) is 1. The molecule has 0 bridgehead atoms. The van der Waals surface area contributed by atoms with E-state index in [4.69, 9.17) is 20.4 Å². The Kier molecular flexibility index (Phi) is 19.6. The summed E-state index contributed by atoms with van der Waals surface area (Å²) >= 11 is 0. The summed E-state index contributed by atoms with van der Waals surface area (Å²) in [6.07, 6.45) is 0.777. The summed E-state index contributed by atoms with van der Waals surface area (Å²) < 4.78 is 18.9. The lowest BCUT2D eigenvalue weighted by Crippen LogP contribution is -2.14. The fraction of sp³-hybridized carbons (Fsp3) is 0.348. The summed E-state index contributed by atoms with van der Waals surface area (Å²) in [5.41, 5.74) is 2.77. The Morgan fingerprint density at radius 2 is 1.32 bits per heavy atom. The zero-order valence-electron chi connectivity index (χ0n) is 18.7. The number of nitriles is 2. The molecule has 2 aromatic rings. The van der Waals surface area contributed by atoms with Gasteiger partial charge in [-0.05, 0) is 36.8 Å². The van der Waals surface area contributed by atoms with Crippen molar-refractivity contribution >= 4 is 6.29 Å². The number of hydrogen-bond acceptors (Lipinski definition) is 8. The Morgan fingerprint density at radius 3 is 1.71 bits per heavy atom. The van der Waals surface area contributed by atoms with E-state index in [0.29, 0.717) is 16.7 Å². The second-order valence-corrected chi connectivity index (χ2v) is 5.47. The van der Waals surface area contributed by atoms with E-state index < -0.39 is 6.48 Å². The lowest BCUT2D eigenvalue weighted by atomic mass is 10.1. The van der Waals surface area contributed by atoms with E-state index in [9.17, 15) is 4.79 Å². The number of benzene rings is 2. The molecule has 168 valence electrons. The molecule has 0 fully saturated rings. The number of aliphatic hydroxyl groups is 1. The van der Waals surface area contributed by atoms with Crippen molar-refractivity contribution in [3.05, 3.63) is 70.8 Å². The van der Waals surface area contributed by atoms with E-state index in [-0.39, 0.29) is 6.10 Å². The van der Waals surface area contributed by atoms with Crippen molar-refractivity contribution in [2.75, 3.05) is 35.5 Å². The number of rotatable bonds is 6. The number of aliphatic hydroxyl groups excluding tert-OH is 1. The quantitative estimate of drug-likeness (QED) is 0.546. The third-order valence-electron chi connectivity index (χ3n) is 3.57. The SMILES string of the molecule is CO.COC(C)c1cccc(C#N)c1.COC(OC)OC.N#Cc1cccc(C=O)c1. The molecular formula is C23H30N2O6. The Balaban J connectivity index is 0. The van der Waals surface area contributed by atoms with Crippen molar-refractivity contribution in [2.45, 2.75) is 19.5 Å². The summed E-state index contributed by atoms with van der Waals surface area (Å²) in [5, 5.41) is 24.0. The summed E-state index contributed by atoms with van der Waals surface area (Å²) in [5.74, 6) is 0.